The first-order valence-electron chi connectivity index (χ1n) is 21.1. The third-order valence-corrected chi connectivity index (χ3v) is 17.7. The van der Waals surface area contributed by atoms with Crippen molar-refractivity contribution in [1.82, 2.24) is 9.80 Å². The van der Waals surface area contributed by atoms with E-state index in [1.54, 1.807) is 60.7 Å². The van der Waals surface area contributed by atoms with Gasteiger partial charge in [-0.3, -0.25) is 9.80 Å². The summed E-state index contributed by atoms with van der Waals surface area (Å²) in [6, 6.07) is 31.3. The molecule has 0 aliphatic carbocycles. The van der Waals surface area contributed by atoms with E-state index in [1.807, 2.05) is 36.4 Å². The molecule has 0 spiro atoms. The standard InChI is InChI=1S/C27H37NO4Si.C21H23NO4/c1-26(2,3)33(4,5)32-23-13-9-12-22(18-23)27(30,21-10-7-6-8-11-21)25(29)31-24-19-28-16-14-20(24)15-17-28;23-18-8-4-7-17(13-18)21(25,16-5-2-1-3-6-16)20(24)26-19-14-22-11-9-15(19)10-12-22/h6-13,18,20,24,30H,14-17,19H2,1-5H3;1-8,13,15,19,23,25H,9-12,14H2/t24-,27?;19-,21?/m00/s1. The lowest BCUT2D eigenvalue weighted by molar-refractivity contribution is -0.177. The predicted molar refractivity (Wildman–Crippen MR) is 229 cm³/mol. The van der Waals surface area contributed by atoms with Crippen LogP contribution in [0.3, 0.4) is 0 Å². The maximum Gasteiger partial charge on any atom is 0.348 e. The number of phenols is 1. The first-order valence-corrected chi connectivity index (χ1v) is 24.0. The molecule has 0 amide bonds. The van der Waals surface area contributed by atoms with Crippen molar-refractivity contribution in [1.29, 1.82) is 0 Å². The Balaban J connectivity index is 0.000000184. The minimum Gasteiger partial charge on any atom is -0.543 e. The Kier molecular flexibility index (Phi) is 12.4. The summed E-state index contributed by atoms with van der Waals surface area (Å²) in [4.78, 5) is 31.4. The Morgan fingerprint density at radius 3 is 1.39 bits per heavy atom. The number of fused-ring (bicyclic) bond motifs is 6. The van der Waals surface area contributed by atoms with Gasteiger partial charge in [0.2, 0.25) is 19.5 Å². The smallest absolute Gasteiger partial charge is 0.348 e. The molecule has 0 aromatic heterocycles. The molecule has 4 atom stereocenters. The van der Waals surface area contributed by atoms with Crippen LogP contribution in [0.15, 0.2) is 109 Å². The number of aliphatic hydroxyl groups is 2. The molecule has 6 aliphatic heterocycles. The van der Waals surface area contributed by atoms with Gasteiger partial charge in [0, 0.05) is 24.2 Å². The molecule has 11 heteroatoms. The van der Waals surface area contributed by atoms with E-state index in [4.69, 9.17) is 13.9 Å². The van der Waals surface area contributed by atoms with Crippen molar-refractivity contribution < 1.29 is 38.8 Å². The van der Waals surface area contributed by atoms with Gasteiger partial charge in [0.05, 0.1) is 0 Å². The van der Waals surface area contributed by atoms with Crippen LogP contribution in [0, 0.1) is 11.8 Å². The molecule has 10 nitrogen and oxygen atoms in total. The van der Waals surface area contributed by atoms with E-state index in [2.05, 4.69) is 43.7 Å². The number of rotatable bonds is 10. The average Bonchev–Trinajstić information content (AvgIpc) is 3.24. The van der Waals surface area contributed by atoms with Gasteiger partial charge in [-0.2, -0.15) is 0 Å². The minimum atomic E-state index is -2.08. The third kappa shape index (κ3) is 9.00. The van der Waals surface area contributed by atoms with Crippen LogP contribution in [0.4, 0.5) is 0 Å². The summed E-state index contributed by atoms with van der Waals surface area (Å²) >= 11 is 0. The number of nitrogens with zero attached hydrogens (tertiary/aromatic N) is 2. The van der Waals surface area contributed by atoms with Crippen LogP contribution in [0.2, 0.25) is 18.1 Å². The van der Waals surface area contributed by atoms with E-state index >= 15 is 0 Å². The van der Waals surface area contributed by atoms with Gasteiger partial charge < -0.3 is 29.2 Å². The summed E-state index contributed by atoms with van der Waals surface area (Å²) in [6.07, 6.45) is 3.75. The fourth-order valence-electron chi connectivity index (χ4n) is 8.66. The first kappa shape index (κ1) is 42.6. The second kappa shape index (κ2) is 17.2. The van der Waals surface area contributed by atoms with Crippen molar-refractivity contribution in [2.75, 3.05) is 39.3 Å². The molecule has 6 heterocycles. The predicted octanol–water partition coefficient (Wildman–Crippen LogP) is 7.21. The second-order valence-corrected chi connectivity index (χ2v) is 23.0. The van der Waals surface area contributed by atoms with Crippen molar-refractivity contribution in [3.05, 3.63) is 131 Å². The zero-order valence-electron chi connectivity index (χ0n) is 35.1. The summed E-state index contributed by atoms with van der Waals surface area (Å²) in [5.74, 6) is 0.0851. The number of benzene rings is 4. The molecular formula is C48H60N2O8Si. The van der Waals surface area contributed by atoms with Crippen LogP contribution in [-0.2, 0) is 30.3 Å². The summed E-state index contributed by atoms with van der Waals surface area (Å²) < 4.78 is 18.3. The number of piperidine rings is 6. The number of carbonyl (C=O) groups is 2. The molecule has 3 N–H and O–H groups in total. The highest BCUT2D eigenvalue weighted by molar-refractivity contribution is 6.74. The second-order valence-electron chi connectivity index (χ2n) is 18.3. The van der Waals surface area contributed by atoms with Crippen LogP contribution >= 0.6 is 0 Å². The molecular weight excluding hydrogens is 761 g/mol. The van der Waals surface area contributed by atoms with E-state index in [0.717, 1.165) is 65.0 Å². The molecule has 4 aromatic rings. The first-order chi connectivity index (χ1) is 28.1. The summed E-state index contributed by atoms with van der Waals surface area (Å²) in [5.41, 5.74) is -2.16. The van der Waals surface area contributed by atoms with E-state index in [0.29, 0.717) is 39.8 Å². The highest BCUT2D eigenvalue weighted by Crippen LogP contribution is 2.41. The number of esters is 2. The molecule has 6 saturated heterocycles. The fourth-order valence-corrected chi connectivity index (χ4v) is 9.68. The zero-order chi connectivity index (χ0) is 42.0. The van der Waals surface area contributed by atoms with Gasteiger partial charge in [0.25, 0.3) is 0 Å². The van der Waals surface area contributed by atoms with Crippen molar-refractivity contribution in [3.8, 4) is 11.5 Å². The molecule has 4 aromatic carbocycles. The van der Waals surface area contributed by atoms with Crippen molar-refractivity contribution in [2.24, 2.45) is 11.8 Å². The molecule has 6 aliphatic rings. The largest absolute Gasteiger partial charge is 0.543 e. The van der Waals surface area contributed by atoms with Gasteiger partial charge in [0.1, 0.15) is 23.7 Å². The lowest BCUT2D eigenvalue weighted by atomic mass is 9.84. The fraction of sp³-hybridized carbons (Fsp3) is 0.458. The van der Waals surface area contributed by atoms with Gasteiger partial charge >= 0.3 is 11.9 Å². The van der Waals surface area contributed by atoms with Gasteiger partial charge in [-0.1, -0.05) is 106 Å². The van der Waals surface area contributed by atoms with E-state index < -0.39 is 31.5 Å². The highest BCUT2D eigenvalue weighted by atomic mass is 28.4. The zero-order valence-corrected chi connectivity index (χ0v) is 36.1. The molecule has 10 rings (SSSR count). The van der Waals surface area contributed by atoms with Gasteiger partial charge in [-0.05, 0) is 117 Å². The Bertz CT molecular complexity index is 2060. The number of aromatic hydroxyl groups is 1. The maximum absolute atomic E-state index is 13.6. The van der Waals surface area contributed by atoms with Crippen LogP contribution in [0.25, 0.3) is 0 Å². The van der Waals surface area contributed by atoms with E-state index in [9.17, 15) is 24.9 Å². The average molecular weight is 821 g/mol. The van der Waals surface area contributed by atoms with Crippen LogP contribution < -0.4 is 4.43 Å². The van der Waals surface area contributed by atoms with Crippen LogP contribution in [0.1, 0.15) is 68.7 Å². The number of hydrogen-bond acceptors (Lipinski definition) is 10. The van der Waals surface area contributed by atoms with Gasteiger partial charge in [0.15, 0.2) is 0 Å². The molecule has 59 heavy (non-hydrogen) atoms. The van der Waals surface area contributed by atoms with Crippen molar-refractivity contribution >= 4 is 20.3 Å². The van der Waals surface area contributed by atoms with Crippen molar-refractivity contribution in [2.45, 2.75) is 88.0 Å². The quantitative estimate of drug-likeness (QED) is 0.112. The lowest BCUT2D eigenvalue weighted by Gasteiger charge is -2.44. The van der Waals surface area contributed by atoms with E-state index in [1.165, 1.54) is 12.1 Å². The van der Waals surface area contributed by atoms with Crippen molar-refractivity contribution in [3.63, 3.8) is 0 Å². The lowest BCUT2D eigenvalue weighted by Crippen LogP contribution is -2.53. The van der Waals surface area contributed by atoms with E-state index in [-0.39, 0.29) is 23.0 Å². The molecule has 314 valence electrons. The molecule has 4 bridgehead atoms. The monoisotopic (exact) mass is 820 g/mol. The number of hydrogen-bond donors (Lipinski definition) is 3. The van der Waals surface area contributed by atoms with Crippen LogP contribution in [0.5, 0.6) is 11.5 Å². The summed E-state index contributed by atoms with van der Waals surface area (Å²) in [5, 5.41) is 33.3. The summed E-state index contributed by atoms with van der Waals surface area (Å²) in [6.45, 7) is 16.6. The molecule has 0 saturated carbocycles. The number of carbonyl (C=O) groups excluding carboxylic acids is 2. The maximum atomic E-state index is 13.6. The highest BCUT2D eigenvalue weighted by Gasteiger charge is 2.47. The third-order valence-electron chi connectivity index (χ3n) is 13.4. The van der Waals surface area contributed by atoms with Gasteiger partial charge in [-0.15, -0.1) is 0 Å². The topological polar surface area (TPSA) is 129 Å². The Morgan fingerprint density at radius 2 is 1.00 bits per heavy atom. The number of phenolic OH excluding ortho intramolecular Hbond substituents is 1. The molecule has 2 unspecified atom stereocenters. The van der Waals surface area contributed by atoms with Crippen LogP contribution in [-0.4, -0.2) is 96.9 Å². The Hall–Kier alpha value is -4.52. The normalized spacial score (nSPS) is 25.7. The minimum absolute atomic E-state index is 0.00695. The summed E-state index contributed by atoms with van der Waals surface area (Å²) in [7, 11) is -2.08. The van der Waals surface area contributed by atoms with Gasteiger partial charge in [-0.25, -0.2) is 9.59 Å². The Morgan fingerprint density at radius 1 is 0.593 bits per heavy atom. The molecule has 0 radical (unpaired) electrons. The SMILES string of the molecule is CC(C)(C)[Si](C)(C)Oc1cccc(C(O)(C(=O)O[C@H]2CN3CCC2CC3)c2ccccc2)c1.O=C(O[C@H]1CN2CCC1CC2)C(O)(c1ccccc1)c1cccc(O)c1. The Labute approximate surface area is 349 Å². The molecule has 6 fully saturated rings. The number of ether oxygens (including phenoxy) is 2.